The number of oxime groups is 1. The zero-order valence-corrected chi connectivity index (χ0v) is 11.5. The van der Waals surface area contributed by atoms with Crippen LogP contribution in [-0.4, -0.2) is 23.0 Å². The minimum absolute atomic E-state index is 0.835. The molecule has 20 heavy (non-hydrogen) atoms. The van der Waals surface area contributed by atoms with Gasteiger partial charge in [-0.05, 0) is 43.0 Å². The molecule has 0 fully saturated rings. The molecule has 0 saturated heterocycles. The Morgan fingerprint density at radius 3 is 3.00 bits per heavy atom. The van der Waals surface area contributed by atoms with E-state index in [9.17, 15) is 0 Å². The second kappa shape index (κ2) is 5.33. The second-order valence-corrected chi connectivity index (χ2v) is 5.03. The zero-order valence-electron chi connectivity index (χ0n) is 11.5. The van der Waals surface area contributed by atoms with Crippen LogP contribution < -0.4 is 4.90 Å². The molecule has 0 aliphatic carbocycles. The number of nitrogens with zero attached hydrogens (tertiary/aromatic N) is 3. The summed E-state index contributed by atoms with van der Waals surface area (Å²) in [7, 11) is 0. The average molecular weight is 267 g/mol. The van der Waals surface area contributed by atoms with Gasteiger partial charge in [-0.3, -0.25) is 0 Å². The van der Waals surface area contributed by atoms with Gasteiger partial charge < -0.3 is 10.1 Å². The van der Waals surface area contributed by atoms with E-state index in [0.29, 0.717) is 0 Å². The summed E-state index contributed by atoms with van der Waals surface area (Å²) in [4.78, 5) is 6.76. The van der Waals surface area contributed by atoms with Crippen LogP contribution in [0.2, 0.25) is 0 Å². The Hall–Kier alpha value is -2.36. The van der Waals surface area contributed by atoms with Crippen LogP contribution in [0, 0.1) is 6.92 Å². The highest BCUT2D eigenvalue weighted by molar-refractivity contribution is 5.81. The first-order valence-electron chi connectivity index (χ1n) is 6.79. The Bertz CT molecular complexity index is 652. The summed E-state index contributed by atoms with van der Waals surface area (Å²) in [6.07, 6.45) is 5.43. The topological polar surface area (TPSA) is 48.7 Å². The molecule has 4 nitrogen and oxygen atoms in total. The summed E-state index contributed by atoms with van der Waals surface area (Å²) in [6.45, 7) is 2.98. The van der Waals surface area contributed by atoms with Gasteiger partial charge in [0.25, 0.3) is 0 Å². The SMILES string of the molecule is Cc1cc(N2CCCc3ccccc32)ncc1/C=N/O. The summed E-state index contributed by atoms with van der Waals surface area (Å²) < 4.78 is 0. The molecule has 0 unspecified atom stereocenters. The van der Waals surface area contributed by atoms with E-state index < -0.39 is 0 Å². The maximum Gasteiger partial charge on any atom is 0.133 e. The maximum atomic E-state index is 8.62. The van der Waals surface area contributed by atoms with Crippen LogP contribution in [0.3, 0.4) is 0 Å². The van der Waals surface area contributed by atoms with Gasteiger partial charge in [0.05, 0.1) is 6.21 Å². The minimum atomic E-state index is 0.835. The van der Waals surface area contributed by atoms with Crippen LogP contribution in [-0.2, 0) is 6.42 Å². The molecule has 0 amide bonds. The van der Waals surface area contributed by atoms with Gasteiger partial charge in [-0.1, -0.05) is 23.4 Å². The highest BCUT2D eigenvalue weighted by atomic mass is 16.4. The number of rotatable bonds is 2. The van der Waals surface area contributed by atoms with Crippen molar-refractivity contribution in [2.24, 2.45) is 5.16 Å². The van der Waals surface area contributed by atoms with Crippen molar-refractivity contribution in [1.82, 2.24) is 4.98 Å². The number of hydrogen-bond acceptors (Lipinski definition) is 4. The molecule has 4 heteroatoms. The van der Waals surface area contributed by atoms with Gasteiger partial charge in [-0.25, -0.2) is 4.98 Å². The van der Waals surface area contributed by atoms with Crippen LogP contribution in [0.5, 0.6) is 0 Å². The third kappa shape index (κ3) is 2.25. The molecule has 1 aromatic carbocycles. The molecule has 2 heterocycles. The van der Waals surface area contributed by atoms with Crippen LogP contribution in [0.1, 0.15) is 23.1 Å². The number of para-hydroxylation sites is 1. The summed E-state index contributed by atoms with van der Waals surface area (Å²) >= 11 is 0. The minimum Gasteiger partial charge on any atom is -0.411 e. The fraction of sp³-hybridized carbons (Fsp3) is 0.250. The van der Waals surface area contributed by atoms with Gasteiger partial charge >= 0.3 is 0 Å². The van der Waals surface area contributed by atoms with E-state index in [4.69, 9.17) is 5.21 Å². The smallest absolute Gasteiger partial charge is 0.133 e. The van der Waals surface area contributed by atoms with Crippen LogP contribution >= 0.6 is 0 Å². The summed E-state index contributed by atoms with van der Waals surface area (Å²) in [5.41, 5.74) is 4.51. The fourth-order valence-corrected chi connectivity index (χ4v) is 2.67. The van der Waals surface area contributed by atoms with Crippen molar-refractivity contribution in [3.8, 4) is 0 Å². The highest BCUT2D eigenvalue weighted by Gasteiger charge is 2.18. The molecule has 0 atom stereocenters. The first-order chi connectivity index (χ1) is 9.79. The number of pyridine rings is 1. The molecule has 1 aliphatic heterocycles. The monoisotopic (exact) mass is 267 g/mol. The van der Waals surface area contributed by atoms with Crippen molar-refractivity contribution < 1.29 is 5.21 Å². The lowest BCUT2D eigenvalue weighted by atomic mass is 10.0. The number of benzene rings is 1. The van der Waals surface area contributed by atoms with Crippen LogP contribution in [0.4, 0.5) is 11.5 Å². The number of aryl methyl sites for hydroxylation is 2. The van der Waals surface area contributed by atoms with Gasteiger partial charge in [0, 0.05) is 24.0 Å². The Morgan fingerprint density at radius 1 is 1.35 bits per heavy atom. The summed E-state index contributed by atoms with van der Waals surface area (Å²) in [5.74, 6) is 0.949. The molecule has 0 spiro atoms. The molecular weight excluding hydrogens is 250 g/mol. The van der Waals surface area contributed by atoms with E-state index >= 15 is 0 Å². The molecule has 1 N–H and O–H groups in total. The molecule has 1 aromatic heterocycles. The van der Waals surface area contributed by atoms with Gasteiger partial charge in [0.2, 0.25) is 0 Å². The molecule has 0 bridgehead atoms. The van der Waals surface area contributed by atoms with Crippen LogP contribution in [0.25, 0.3) is 0 Å². The molecule has 1 aliphatic rings. The van der Waals surface area contributed by atoms with Crippen molar-refractivity contribution in [2.75, 3.05) is 11.4 Å². The molecule has 0 saturated carbocycles. The number of fused-ring (bicyclic) bond motifs is 1. The summed E-state index contributed by atoms with van der Waals surface area (Å²) in [5, 5.41) is 11.7. The molecule has 3 rings (SSSR count). The molecule has 2 aromatic rings. The Labute approximate surface area is 118 Å². The molecule has 102 valence electrons. The maximum absolute atomic E-state index is 8.62. The largest absolute Gasteiger partial charge is 0.411 e. The van der Waals surface area contributed by atoms with E-state index in [1.807, 2.05) is 13.0 Å². The van der Waals surface area contributed by atoms with Crippen molar-refractivity contribution >= 4 is 17.7 Å². The van der Waals surface area contributed by atoms with Crippen molar-refractivity contribution in [3.05, 3.63) is 53.2 Å². The number of hydrogen-bond donors (Lipinski definition) is 1. The number of aromatic nitrogens is 1. The Balaban J connectivity index is 2.00. The van der Waals surface area contributed by atoms with E-state index in [-0.39, 0.29) is 0 Å². The lowest BCUT2D eigenvalue weighted by Gasteiger charge is -2.30. The Kier molecular flexibility index (Phi) is 3.37. The van der Waals surface area contributed by atoms with E-state index in [1.54, 1.807) is 6.20 Å². The predicted octanol–water partition coefficient (Wildman–Crippen LogP) is 3.28. The van der Waals surface area contributed by atoms with Crippen molar-refractivity contribution in [1.29, 1.82) is 0 Å². The standard InChI is InChI=1S/C16H17N3O/c1-12-9-16(17-10-14(12)11-18-20)19-8-4-6-13-5-2-3-7-15(13)19/h2-3,5,7,9-11,20H,4,6,8H2,1H3/b18-11+. The lowest BCUT2D eigenvalue weighted by molar-refractivity contribution is 0.322. The van der Waals surface area contributed by atoms with Gasteiger partial charge in [-0.2, -0.15) is 0 Å². The normalized spacial score (nSPS) is 14.6. The third-order valence-electron chi connectivity index (χ3n) is 3.72. The lowest BCUT2D eigenvalue weighted by Crippen LogP contribution is -2.25. The Morgan fingerprint density at radius 2 is 2.20 bits per heavy atom. The summed E-state index contributed by atoms with van der Waals surface area (Å²) in [6, 6.07) is 10.5. The molecule has 0 radical (unpaired) electrons. The first-order valence-corrected chi connectivity index (χ1v) is 6.79. The van der Waals surface area contributed by atoms with E-state index in [1.165, 1.54) is 17.5 Å². The van der Waals surface area contributed by atoms with Gasteiger partial charge in [0.15, 0.2) is 0 Å². The fourth-order valence-electron chi connectivity index (χ4n) is 2.67. The van der Waals surface area contributed by atoms with Gasteiger partial charge in [-0.15, -0.1) is 0 Å². The quantitative estimate of drug-likeness (QED) is 0.516. The van der Waals surface area contributed by atoms with Gasteiger partial charge in [0.1, 0.15) is 5.82 Å². The van der Waals surface area contributed by atoms with Crippen molar-refractivity contribution in [3.63, 3.8) is 0 Å². The van der Waals surface area contributed by atoms with E-state index in [0.717, 1.165) is 36.3 Å². The second-order valence-electron chi connectivity index (χ2n) is 5.03. The van der Waals surface area contributed by atoms with E-state index in [2.05, 4.69) is 39.3 Å². The third-order valence-corrected chi connectivity index (χ3v) is 3.72. The molecular formula is C16H17N3O. The number of anilines is 2. The highest BCUT2D eigenvalue weighted by Crippen LogP contribution is 2.32. The first kappa shape index (κ1) is 12.7. The zero-order chi connectivity index (χ0) is 13.9. The predicted molar refractivity (Wildman–Crippen MR) is 80.1 cm³/mol. The van der Waals surface area contributed by atoms with Crippen molar-refractivity contribution in [2.45, 2.75) is 19.8 Å². The van der Waals surface area contributed by atoms with Crippen LogP contribution in [0.15, 0.2) is 41.7 Å². The average Bonchev–Trinajstić information content (AvgIpc) is 2.49.